The first kappa shape index (κ1) is 73.6. The molecule has 9 aromatic rings. The molecule has 0 spiro atoms. The Balaban J connectivity index is 0.000000139. The summed E-state index contributed by atoms with van der Waals surface area (Å²) in [5.74, 6) is 3.16. The molecule has 3 fully saturated rings. The third-order valence-electron chi connectivity index (χ3n) is 25.3. The molecule has 6 N–H and O–H groups in total. The van der Waals surface area contributed by atoms with Gasteiger partial charge in [0.2, 0.25) is 0 Å². The molecular formula is C81H114N12O6Si3. The Hall–Kier alpha value is -6.67. The summed E-state index contributed by atoms with van der Waals surface area (Å²) in [5.41, 5.74) is 11.3. The van der Waals surface area contributed by atoms with Crippen LogP contribution in [0.15, 0.2) is 129 Å². The molecule has 102 heavy (non-hydrogen) atoms. The molecule has 546 valence electrons. The van der Waals surface area contributed by atoms with Crippen LogP contribution in [0.4, 0.5) is 17.5 Å². The Bertz CT molecular complexity index is 4380. The maximum Gasteiger partial charge on any atom is 0.192 e. The van der Waals surface area contributed by atoms with Gasteiger partial charge in [0.1, 0.15) is 53.4 Å². The number of aliphatic hydroxyl groups excluding tert-OH is 3. The molecule has 3 aromatic carbocycles. The van der Waals surface area contributed by atoms with Crippen LogP contribution in [0.25, 0.3) is 33.1 Å². The molecule has 21 heteroatoms. The molecule has 6 aliphatic carbocycles. The normalized spacial score (nSPS) is 25.1. The van der Waals surface area contributed by atoms with E-state index in [0.717, 1.165) is 128 Å². The summed E-state index contributed by atoms with van der Waals surface area (Å²) >= 11 is 0. The quantitative estimate of drug-likeness (QED) is 0.0441. The predicted molar refractivity (Wildman–Crippen MR) is 419 cm³/mol. The van der Waals surface area contributed by atoms with Crippen LogP contribution in [0.3, 0.4) is 0 Å². The second-order valence-corrected chi connectivity index (χ2v) is 49.2. The molecule has 12 atom stereocenters. The molecule has 0 amide bonds. The third kappa shape index (κ3) is 15.1. The van der Waals surface area contributed by atoms with Gasteiger partial charge in [0.15, 0.2) is 25.0 Å². The average molecular weight is 1440 g/mol. The summed E-state index contributed by atoms with van der Waals surface area (Å²) in [6.07, 6.45) is 23.0. The van der Waals surface area contributed by atoms with Crippen LogP contribution < -0.4 is 16.0 Å². The summed E-state index contributed by atoms with van der Waals surface area (Å²) in [5, 5.41) is 44.5. The van der Waals surface area contributed by atoms with E-state index < -0.39 is 31.1 Å². The zero-order valence-corrected chi connectivity index (χ0v) is 66.3. The molecule has 0 aliphatic heterocycles. The van der Waals surface area contributed by atoms with Crippen molar-refractivity contribution >= 4 is 75.5 Å². The summed E-state index contributed by atoms with van der Waals surface area (Å²) in [6.45, 7) is 35.8. The van der Waals surface area contributed by atoms with Gasteiger partial charge in [0, 0.05) is 74.3 Å². The molecule has 15 rings (SSSR count). The van der Waals surface area contributed by atoms with E-state index in [1.807, 2.05) is 6.20 Å². The number of aryl methyl sites for hydroxylation is 3. The molecule has 0 saturated heterocycles. The van der Waals surface area contributed by atoms with E-state index in [-0.39, 0.29) is 76.5 Å². The van der Waals surface area contributed by atoms with Crippen molar-refractivity contribution in [1.82, 2.24) is 43.6 Å². The molecule has 3 saturated carbocycles. The highest BCUT2D eigenvalue weighted by atomic mass is 28.4. The zero-order valence-electron chi connectivity index (χ0n) is 63.3. The van der Waals surface area contributed by atoms with E-state index in [9.17, 15) is 15.3 Å². The SMILES string of the molecule is CC(C)(C)[Si](C)(C)OC[C@@H]1C[C@@H](n2ccc3c(N[C@H]4CCc5ccccc54)ncnc32)C[C@@H]1O[Si](C)(C)C(C)(C)C.CC(C)(C)[Si](C)(C)O[C@H]1C[C@H](n2ccc3c(N[C@H]4CCc5ccccc54)ncnc32)C[C@H]1CO.OC[C@@H]1C[C@@H](n2ccc3c(N[C@H]4CCc5ccccc54)ncnc32)C[C@@H]1O. The standard InChI is InChI=1S/C33H52N4O2Si2.C27H38N4O2Si.C21H24N4O2/c1-32(2,3)40(7,8)38-21-24-19-25(20-29(24)39-41(9,10)33(4,5)6)37-18-17-27-30(34-22-35-31(27)37)36-28-16-15-23-13-11-12-14-26(23)28;1-27(2,3)34(4,5)33-24-15-20(14-19(24)16-32)31-13-12-22-25(28-17-29-26(22)31)30-23-11-10-18-8-6-7-9-21(18)23;26-11-14-9-15(10-19(14)27)25-8-7-17-20(22-12-23-21(17)25)24-18-6-5-13-3-1-2-4-16(13)18/h11-14,17-18,22,24-25,28-29H,15-16,19-21H2,1-10H3,(H,34,35,36);6-9,12-13,17,19-20,23-24,32H,10-11,14-16H2,1-5H3,(H,28,29,30);1-4,7-8,12,14-15,18-19,26-27H,5-6,9-11H2,(H,22,23,24)/t24-,25+,28-,29-;19-,20+,23-,24-;14-,15+,18-,19-/m000/s1. The van der Waals surface area contributed by atoms with Gasteiger partial charge in [-0.2, -0.15) is 0 Å². The first-order chi connectivity index (χ1) is 48.5. The number of benzene rings is 3. The lowest BCUT2D eigenvalue weighted by atomic mass is 10.1. The summed E-state index contributed by atoms with van der Waals surface area (Å²) < 4.78 is 27.5. The molecule has 0 radical (unpaired) electrons. The van der Waals surface area contributed by atoms with Crippen molar-refractivity contribution in [3.8, 4) is 0 Å². The van der Waals surface area contributed by atoms with Gasteiger partial charge in [-0.05, 0) is 183 Å². The number of anilines is 3. The van der Waals surface area contributed by atoms with Crippen molar-refractivity contribution in [2.75, 3.05) is 35.8 Å². The van der Waals surface area contributed by atoms with E-state index in [1.165, 1.54) is 33.4 Å². The smallest absolute Gasteiger partial charge is 0.192 e. The fourth-order valence-corrected chi connectivity index (χ4v) is 20.0. The highest BCUT2D eigenvalue weighted by Gasteiger charge is 2.48. The van der Waals surface area contributed by atoms with Crippen LogP contribution in [0.2, 0.25) is 54.4 Å². The van der Waals surface area contributed by atoms with Crippen molar-refractivity contribution in [3.63, 3.8) is 0 Å². The highest BCUT2D eigenvalue weighted by molar-refractivity contribution is 6.75. The molecule has 6 heterocycles. The van der Waals surface area contributed by atoms with Crippen LogP contribution in [0.1, 0.15) is 190 Å². The fourth-order valence-electron chi connectivity index (χ4n) is 16.1. The van der Waals surface area contributed by atoms with Crippen LogP contribution in [0, 0.1) is 17.8 Å². The van der Waals surface area contributed by atoms with Gasteiger partial charge in [-0.1, -0.05) is 135 Å². The first-order valence-electron chi connectivity index (χ1n) is 37.9. The summed E-state index contributed by atoms with van der Waals surface area (Å²) in [7, 11) is -5.71. The van der Waals surface area contributed by atoms with Crippen molar-refractivity contribution in [3.05, 3.63) is 162 Å². The molecule has 0 unspecified atom stereocenters. The van der Waals surface area contributed by atoms with Crippen LogP contribution in [-0.4, -0.2) is 122 Å². The maximum atomic E-state index is 10.1. The van der Waals surface area contributed by atoms with E-state index in [0.29, 0.717) is 24.4 Å². The van der Waals surface area contributed by atoms with Crippen molar-refractivity contribution in [2.45, 2.75) is 248 Å². The van der Waals surface area contributed by atoms with Gasteiger partial charge in [0.05, 0.1) is 52.6 Å². The van der Waals surface area contributed by atoms with Crippen LogP contribution >= 0.6 is 0 Å². The molecule has 0 bridgehead atoms. The van der Waals surface area contributed by atoms with E-state index in [1.54, 1.807) is 19.0 Å². The number of nitrogens with zero attached hydrogens (tertiary/aromatic N) is 9. The fraction of sp³-hybridized carbons (Fsp3) is 0.556. The Morgan fingerprint density at radius 3 is 1.11 bits per heavy atom. The Kier molecular flexibility index (Phi) is 21.2. The largest absolute Gasteiger partial charge is 0.416 e. The number of aromatic nitrogens is 9. The third-order valence-corrected chi connectivity index (χ3v) is 38.8. The Morgan fingerprint density at radius 2 is 0.755 bits per heavy atom. The van der Waals surface area contributed by atoms with E-state index >= 15 is 0 Å². The molecular weight excluding hydrogens is 1320 g/mol. The highest BCUT2D eigenvalue weighted by Crippen LogP contribution is 2.49. The Labute approximate surface area is 608 Å². The topological polar surface area (TPSA) is 217 Å². The lowest BCUT2D eigenvalue weighted by molar-refractivity contribution is 0.0906. The number of aliphatic hydroxyl groups is 3. The molecule has 6 aliphatic rings. The lowest BCUT2D eigenvalue weighted by Crippen LogP contribution is -2.46. The minimum Gasteiger partial charge on any atom is -0.416 e. The van der Waals surface area contributed by atoms with E-state index in [2.05, 4.69) is 255 Å². The molecule has 6 aromatic heterocycles. The summed E-state index contributed by atoms with van der Waals surface area (Å²) in [4.78, 5) is 27.8. The minimum absolute atomic E-state index is 0.0275. The van der Waals surface area contributed by atoms with Gasteiger partial charge in [-0.15, -0.1) is 0 Å². The molecule has 18 nitrogen and oxygen atoms in total. The minimum atomic E-state index is -1.94. The second-order valence-electron chi connectivity index (χ2n) is 34.8. The monoisotopic (exact) mass is 1430 g/mol. The van der Waals surface area contributed by atoms with E-state index in [4.69, 9.17) is 23.2 Å². The number of fused-ring (bicyclic) bond motifs is 6. The maximum absolute atomic E-state index is 10.1. The number of nitrogens with one attached hydrogen (secondary N) is 3. The predicted octanol–water partition coefficient (Wildman–Crippen LogP) is 17.6. The van der Waals surface area contributed by atoms with Crippen LogP contribution in [0.5, 0.6) is 0 Å². The Morgan fingerprint density at radius 1 is 0.422 bits per heavy atom. The second kappa shape index (κ2) is 29.3. The first-order valence-corrected chi connectivity index (χ1v) is 46.6. The van der Waals surface area contributed by atoms with Gasteiger partial charge in [0.25, 0.3) is 0 Å². The van der Waals surface area contributed by atoms with Gasteiger partial charge < -0.3 is 58.2 Å². The van der Waals surface area contributed by atoms with Crippen molar-refractivity contribution in [1.29, 1.82) is 0 Å². The van der Waals surface area contributed by atoms with Gasteiger partial charge in [-0.25, -0.2) is 29.9 Å². The average Bonchev–Trinajstić information content (AvgIpc) is 1.63. The zero-order chi connectivity index (χ0) is 72.3. The number of hydrogen-bond donors (Lipinski definition) is 6. The summed E-state index contributed by atoms with van der Waals surface area (Å²) in [6, 6.07) is 34.0. The number of hydrogen-bond acceptors (Lipinski definition) is 15. The number of rotatable bonds is 18. The van der Waals surface area contributed by atoms with Crippen LogP contribution in [-0.2, 0) is 32.5 Å². The lowest BCUT2D eigenvalue weighted by Gasteiger charge is -2.41. The van der Waals surface area contributed by atoms with Crippen molar-refractivity contribution < 1.29 is 28.6 Å². The van der Waals surface area contributed by atoms with Gasteiger partial charge in [-0.3, -0.25) is 0 Å². The van der Waals surface area contributed by atoms with Crippen molar-refractivity contribution in [2.24, 2.45) is 17.8 Å². The van der Waals surface area contributed by atoms with Gasteiger partial charge >= 0.3 is 0 Å².